The van der Waals surface area contributed by atoms with Crippen LogP contribution in [0, 0.1) is 19.7 Å². The van der Waals surface area contributed by atoms with Crippen LogP contribution in [0.3, 0.4) is 0 Å². The predicted molar refractivity (Wildman–Crippen MR) is 63.9 cm³/mol. The van der Waals surface area contributed by atoms with Gasteiger partial charge in [-0.15, -0.1) is 0 Å². The average molecular weight is 246 g/mol. The van der Waals surface area contributed by atoms with Crippen LogP contribution in [0.5, 0.6) is 0 Å². The summed E-state index contributed by atoms with van der Waals surface area (Å²) in [7, 11) is 0. The van der Waals surface area contributed by atoms with Crippen molar-refractivity contribution in [2.75, 3.05) is 0 Å². The molecule has 2 rings (SSSR count). The van der Waals surface area contributed by atoms with Crippen molar-refractivity contribution in [3.05, 3.63) is 47.2 Å². The first-order chi connectivity index (χ1) is 8.49. The zero-order valence-corrected chi connectivity index (χ0v) is 9.94. The third-order valence-corrected chi connectivity index (χ3v) is 2.57. The van der Waals surface area contributed by atoms with Crippen molar-refractivity contribution in [1.29, 1.82) is 0 Å². The van der Waals surface area contributed by atoms with E-state index in [2.05, 4.69) is 9.97 Å². The minimum absolute atomic E-state index is 0.00612. The Morgan fingerprint density at radius 1 is 1.33 bits per heavy atom. The third-order valence-electron chi connectivity index (χ3n) is 2.57. The van der Waals surface area contributed by atoms with Gasteiger partial charge in [0.1, 0.15) is 17.2 Å². The summed E-state index contributed by atoms with van der Waals surface area (Å²) in [6, 6.07) is 4.38. The Kier molecular flexibility index (Phi) is 3.06. The summed E-state index contributed by atoms with van der Waals surface area (Å²) in [6.45, 7) is 3.29. The molecule has 1 heterocycles. The van der Waals surface area contributed by atoms with Crippen LogP contribution in [0.15, 0.2) is 24.4 Å². The van der Waals surface area contributed by atoms with Crippen molar-refractivity contribution in [1.82, 2.24) is 9.97 Å². The molecular weight excluding hydrogens is 235 g/mol. The van der Waals surface area contributed by atoms with Gasteiger partial charge in [-0.3, -0.25) is 0 Å². The first-order valence-electron chi connectivity index (χ1n) is 5.32. The molecule has 0 amide bonds. The van der Waals surface area contributed by atoms with Crippen molar-refractivity contribution >= 4 is 5.97 Å². The van der Waals surface area contributed by atoms with Crippen molar-refractivity contribution in [2.24, 2.45) is 0 Å². The van der Waals surface area contributed by atoms with Gasteiger partial charge in [-0.05, 0) is 37.6 Å². The number of aromatic nitrogens is 2. The van der Waals surface area contributed by atoms with Gasteiger partial charge in [0, 0.05) is 11.8 Å². The first kappa shape index (κ1) is 12.2. The van der Waals surface area contributed by atoms with Gasteiger partial charge in [-0.2, -0.15) is 0 Å². The van der Waals surface area contributed by atoms with Crippen LogP contribution < -0.4 is 0 Å². The van der Waals surface area contributed by atoms with E-state index in [0.717, 1.165) is 0 Å². The van der Waals surface area contributed by atoms with E-state index in [4.69, 9.17) is 5.11 Å². The summed E-state index contributed by atoms with van der Waals surface area (Å²) >= 11 is 0. The van der Waals surface area contributed by atoms with Gasteiger partial charge in [-0.1, -0.05) is 0 Å². The normalized spacial score (nSPS) is 10.4. The van der Waals surface area contributed by atoms with Crippen molar-refractivity contribution in [3.8, 4) is 11.3 Å². The van der Waals surface area contributed by atoms with Crippen molar-refractivity contribution < 1.29 is 14.3 Å². The van der Waals surface area contributed by atoms with E-state index in [-0.39, 0.29) is 11.4 Å². The largest absolute Gasteiger partial charge is 0.478 e. The molecule has 92 valence electrons. The third kappa shape index (κ3) is 2.20. The molecular formula is C13H11FN2O2. The molecule has 0 fully saturated rings. The smallest absolute Gasteiger partial charge is 0.339 e. The Morgan fingerprint density at radius 2 is 2.06 bits per heavy atom. The molecule has 0 spiro atoms. The summed E-state index contributed by atoms with van der Waals surface area (Å²) in [4.78, 5) is 19.1. The number of carboxylic acid groups (broad SMARTS) is 1. The van der Waals surface area contributed by atoms with Crippen LogP contribution in [0.4, 0.5) is 4.39 Å². The van der Waals surface area contributed by atoms with E-state index in [1.54, 1.807) is 19.9 Å². The lowest BCUT2D eigenvalue weighted by molar-refractivity contribution is 0.0697. The van der Waals surface area contributed by atoms with Gasteiger partial charge >= 0.3 is 5.97 Å². The molecule has 0 aliphatic heterocycles. The second-order valence-electron chi connectivity index (χ2n) is 3.95. The van der Waals surface area contributed by atoms with Gasteiger partial charge in [0.25, 0.3) is 0 Å². The molecule has 5 heteroatoms. The van der Waals surface area contributed by atoms with Gasteiger partial charge in [-0.25, -0.2) is 19.2 Å². The molecule has 0 atom stereocenters. The number of rotatable bonds is 2. The number of halogens is 1. The standard InChI is InChI=1S/C13H11FN2O2/c1-7-5-9(3-4-11(7)14)12-10(13(17)18)6-15-8(2)16-12/h3-6H,1-2H3,(H,17,18). The number of hydrogen-bond donors (Lipinski definition) is 1. The van der Waals surface area contributed by atoms with Crippen molar-refractivity contribution in [2.45, 2.75) is 13.8 Å². The number of nitrogens with zero attached hydrogens (tertiary/aromatic N) is 2. The van der Waals surface area contributed by atoms with Gasteiger partial charge in [0.2, 0.25) is 0 Å². The molecule has 0 bridgehead atoms. The molecule has 0 unspecified atom stereocenters. The Labute approximate surface area is 103 Å². The minimum Gasteiger partial charge on any atom is -0.478 e. The molecule has 0 saturated carbocycles. The van der Waals surface area contributed by atoms with Crippen LogP contribution in [0.1, 0.15) is 21.7 Å². The Hall–Kier alpha value is -2.30. The number of carbonyl (C=O) groups is 1. The summed E-state index contributed by atoms with van der Waals surface area (Å²) in [5.41, 5.74) is 1.32. The maximum Gasteiger partial charge on any atom is 0.339 e. The van der Waals surface area contributed by atoms with E-state index in [0.29, 0.717) is 22.6 Å². The molecule has 0 aliphatic carbocycles. The number of benzene rings is 1. The first-order valence-corrected chi connectivity index (χ1v) is 5.32. The number of aryl methyl sites for hydroxylation is 2. The minimum atomic E-state index is -1.10. The molecule has 0 radical (unpaired) electrons. The summed E-state index contributed by atoms with van der Waals surface area (Å²) in [5, 5.41) is 9.09. The van der Waals surface area contributed by atoms with Crippen LogP contribution >= 0.6 is 0 Å². The molecule has 1 aromatic carbocycles. The zero-order valence-electron chi connectivity index (χ0n) is 9.94. The fourth-order valence-electron chi connectivity index (χ4n) is 1.64. The lowest BCUT2D eigenvalue weighted by Crippen LogP contribution is -2.04. The molecule has 18 heavy (non-hydrogen) atoms. The fourth-order valence-corrected chi connectivity index (χ4v) is 1.64. The fraction of sp³-hybridized carbons (Fsp3) is 0.154. The quantitative estimate of drug-likeness (QED) is 0.884. The predicted octanol–water partition coefficient (Wildman–Crippen LogP) is 2.60. The SMILES string of the molecule is Cc1ncc(C(=O)O)c(-c2ccc(F)c(C)c2)n1. The topological polar surface area (TPSA) is 63.1 Å². The van der Waals surface area contributed by atoms with E-state index in [9.17, 15) is 9.18 Å². The number of hydrogen-bond acceptors (Lipinski definition) is 3. The maximum atomic E-state index is 13.2. The highest BCUT2D eigenvalue weighted by atomic mass is 19.1. The molecule has 2 aromatic rings. The lowest BCUT2D eigenvalue weighted by Gasteiger charge is -2.07. The zero-order chi connectivity index (χ0) is 13.3. The van der Waals surface area contributed by atoms with Crippen LogP contribution in [0.25, 0.3) is 11.3 Å². The summed E-state index contributed by atoms with van der Waals surface area (Å²) in [6.07, 6.45) is 1.26. The summed E-state index contributed by atoms with van der Waals surface area (Å²) < 4.78 is 13.2. The van der Waals surface area contributed by atoms with Crippen LogP contribution in [0.2, 0.25) is 0 Å². The number of carboxylic acids is 1. The summed E-state index contributed by atoms with van der Waals surface area (Å²) in [5.74, 6) is -0.967. The van der Waals surface area contributed by atoms with Crippen LogP contribution in [-0.2, 0) is 0 Å². The highest BCUT2D eigenvalue weighted by Gasteiger charge is 2.15. The van der Waals surface area contributed by atoms with Crippen molar-refractivity contribution in [3.63, 3.8) is 0 Å². The molecule has 1 N–H and O–H groups in total. The Balaban J connectivity index is 2.65. The van der Waals surface area contributed by atoms with E-state index in [1.807, 2.05) is 0 Å². The van der Waals surface area contributed by atoms with E-state index >= 15 is 0 Å². The molecule has 0 aliphatic rings. The lowest BCUT2D eigenvalue weighted by atomic mass is 10.0. The highest BCUT2D eigenvalue weighted by Crippen LogP contribution is 2.23. The van der Waals surface area contributed by atoms with Crippen LogP contribution in [-0.4, -0.2) is 21.0 Å². The van der Waals surface area contributed by atoms with Gasteiger partial charge < -0.3 is 5.11 Å². The van der Waals surface area contributed by atoms with E-state index in [1.165, 1.54) is 18.3 Å². The molecule has 1 aromatic heterocycles. The molecule has 0 saturated heterocycles. The highest BCUT2D eigenvalue weighted by molar-refractivity contribution is 5.94. The van der Waals surface area contributed by atoms with E-state index < -0.39 is 5.97 Å². The van der Waals surface area contributed by atoms with Gasteiger partial charge in [0.15, 0.2) is 0 Å². The second kappa shape index (κ2) is 4.52. The Morgan fingerprint density at radius 3 is 2.67 bits per heavy atom. The van der Waals surface area contributed by atoms with Gasteiger partial charge in [0.05, 0.1) is 5.69 Å². The number of aromatic carboxylic acids is 1. The molecule has 4 nitrogen and oxygen atoms in total. The second-order valence-corrected chi connectivity index (χ2v) is 3.95. The monoisotopic (exact) mass is 246 g/mol. The Bertz CT molecular complexity index is 626. The maximum absolute atomic E-state index is 13.2. The average Bonchev–Trinajstić information content (AvgIpc) is 2.32.